The first-order chi connectivity index (χ1) is 9.15. The summed E-state index contributed by atoms with van der Waals surface area (Å²) in [6.07, 6.45) is 5.66. The molecule has 3 N–H and O–H groups in total. The maximum absolute atomic E-state index is 12.3. The number of anilines is 1. The van der Waals surface area contributed by atoms with Crippen molar-refractivity contribution in [3.05, 3.63) is 42.1 Å². The van der Waals surface area contributed by atoms with Crippen LogP contribution in [-0.2, 0) is 0 Å². The molecule has 3 rings (SSSR count). The lowest BCUT2D eigenvalue weighted by Gasteiger charge is -2.13. The smallest absolute Gasteiger partial charge is 0.268 e. The SMILES string of the molecule is CC(NC(=O)c1cc(N)cn1C1CC1)c1ccco1. The molecule has 1 aliphatic carbocycles. The maximum Gasteiger partial charge on any atom is 0.268 e. The van der Waals surface area contributed by atoms with Crippen LogP contribution in [0.15, 0.2) is 35.1 Å². The van der Waals surface area contributed by atoms with E-state index in [-0.39, 0.29) is 11.9 Å². The van der Waals surface area contributed by atoms with Crippen LogP contribution < -0.4 is 11.1 Å². The Kier molecular flexibility index (Phi) is 2.81. The molecule has 5 heteroatoms. The van der Waals surface area contributed by atoms with Crippen LogP contribution in [-0.4, -0.2) is 10.5 Å². The van der Waals surface area contributed by atoms with Gasteiger partial charge in [0.25, 0.3) is 5.91 Å². The highest BCUT2D eigenvalue weighted by atomic mass is 16.3. The van der Waals surface area contributed by atoms with E-state index in [1.807, 2.05) is 29.8 Å². The molecule has 0 aromatic carbocycles. The minimum absolute atomic E-state index is 0.118. The van der Waals surface area contributed by atoms with Crippen LogP contribution >= 0.6 is 0 Å². The van der Waals surface area contributed by atoms with Gasteiger partial charge in [-0.25, -0.2) is 0 Å². The number of carbonyl (C=O) groups is 1. The molecule has 1 unspecified atom stereocenters. The Morgan fingerprint density at radius 3 is 3.00 bits per heavy atom. The van der Waals surface area contributed by atoms with Crippen LogP contribution in [0.3, 0.4) is 0 Å². The van der Waals surface area contributed by atoms with Crippen molar-refractivity contribution in [3.8, 4) is 0 Å². The molecule has 2 heterocycles. The molecule has 0 saturated heterocycles. The number of furan rings is 1. The second kappa shape index (κ2) is 4.50. The molecule has 1 aliphatic rings. The van der Waals surface area contributed by atoms with E-state index in [9.17, 15) is 4.79 Å². The Morgan fingerprint density at radius 1 is 1.58 bits per heavy atom. The third-order valence-corrected chi connectivity index (χ3v) is 3.36. The van der Waals surface area contributed by atoms with Crippen LogP contribution in [0, 0.1) is 0 Å². The summed E-state index contributed by atoms with van der Waals surface area (Å²) in [6.45, 7) is 1.89. The fourth-order valence-electron chi connectivity index (χ4n) is 2.22. The van der Waals surface area contributed by atoms with Gasteiger partial charge in [-0.15, -0.1) is 0 Å². The fourth-order valence-corrected chi connectivity index (χ4v) is 2.22. The van der Waals surface area contributed by atoms with Crippen LogP contribution in [0.25, 0.3) is 0 Å². The standard InChI is InChI=1S/C14H17N3O2/c1-9(13-3-2-6-19-13)16-14(18)12-7-10(15)8-17(12)11-4-5-11/h2-3,6-9,11H,4-5,15H2,1H3,(H,16,18). The van der Waals surface area contributed by atoms with Crippen LogP contribution in [0.4, 0.5) is 5.69 Å². The molecule has 1 saturated carbocycles. The summed E-state index contributed by atoms with van der Waals surface area (Å²) in [5.41, 5.74) is 7.04. The van der Waals surface area contributed by atoms with Gasteiger partial charge in [-0.05, 0) is 38.0 Å². The summed E-state index contributed by atoms with van der Waals surface area (Å²) in [6, 6.07) is 5.65. The quantitative estimate of drug-likeness (QED) is 0.886. The summed E-state index contributed by atoms with van der Waals surface area (Å²) in [4.78, 5) is 12.3. The number of nitrogens with two attached hydrogens (primary N) is 1. The van der Waals surface area contributed by atoms with Crippen molar-refractivity contribution >= 4 is 11.6 Å². The number of nitrogens with one attached hydrogen (secondary N) is 1. The van der Waals surface area contributed by atoms with E-state index in [4.69, 9.17) is 10.2 Å². The van der Waals surface area contributed by atoms with Gasteiger partial charge in [0.2, 0.25) is 0 Å². The average Bonchev–Trinajstić information content (AvgIpc) is 2.91. The highest BCUT2D eigenvalue weighted by molar-refractivity contribution is 5.94. The summed E-state index contributed by atoms with van der Waals surface area (Å²) < 4.78 is 7.25. The fraction of sp³-hybridized carbons (Fsp3) is 0.357. The zero-order valence-corrected chi connectivity index (χ0v) is 10.8. The van der Waals surface area contributed by atoms with Gasteiger partial charge in [-0.2, -0.15) is 0 Å². The highest BCUT2D eigenvalue weighted by Gasteiger charge is 2.28. The number of aromatic nitrogens is 1. The molecule has 100 valence electrons. The predicted molar refractivity (Wildman–Crippen MR) is 71.7 cm³/mol. The maximum atomic E-state index is 12.3. The van der Waals surface area contributed by atoms with E-state index in [0.29, 0.717) is 17.4 Å². The largest absolute Gasteiger partial charge is 0.467 e. The van der Waals surface area contributed by atoms with Crippen molar-refractivity contribution in [3.63, 3.8) is 0 Å². The van der Waals surface area contributed by atoms with Crippen molar-refractivity contribution < 1.29 is 9.21 Å². The molecule has 2 aromatic rings. The molecule has 0 spiro atoms. The first kappa shape index (κ1) is 11.9. The van der Waals surface area contributed by atoms with Gasteiger partial charge in [0.1, 0.15) is 11.5 Å². The molecule has 1 fully saturated rings. The lowest BCUT2D eigenvalue weighted by Crippen LogP contribution is -2.28. The van der Waals surface area contributed by atoms with Gasteiger partial charge in [0.05, 0.1) is 18.0 Å². The number of nitrogens with zero attached hydrogens (tertiary/aromatic N) is 1. The third kappa shape index (κ3) is 2.36. The number of hydrogen-bond donors (Lipinski definition) is 2. The monoisotopic (exact) mass is 259 g/mol. The lowest BCUT2D eigenvalue weighted by atomic mass is 10.2. The minimum atomic E-state index is -0.161. The van der Waals surface area contributed by atoms with Crippen LogP contribution in [0.2, 0.25) is 0 Å². The molecule has 0 radical (unpaired) electrons. The second-order valence-electron chi connectivity index (χ2n) is 5.01. The van der Waals surface area contributed by atoms with Crippen molar-refractivity contribution in [1.29, 1.82) is 0 Å². The van der Waals surface area contributed by atoms with Crippen molar-refractivity contribution in [1.82, 2.24) is 9.88 Å². The van der Waals surface area contributed by atoms with Gasteiger partial charge in [0, 0.05) is 12.2 Å². The first-order valence-electron chi connectivity index (χ1n) is 6.47. The summed E-state index contributed by atoms with van der Waals surface area (Å²) >= 11 is 0. The van der Waals surface area contributed by atoms with Crippen molar-refractivity contribution in [2.24, 2.45) is 0 Å². The normalized spacial score (nSPS) is 16.3. The van der Waals surface area contributed by atoms with E-state index < -0.39 is 0 Å². The van der Waals surface area contributed by atoms with Crippen LogP contribution in [0.5, 0.6) is 0 Å². The van der Waals surface area contributed by atoms with Crippen molar-refractivity contribution in [2.75, 3.05) is 5.73 Å². The molecule has 0 bridgehead atoms. The van der Waals surface area contributed by atoms with E-state index in [2.05, 4.69) is 5.32 Å². The molecule has 0 aliphatic heterocycles. The Hall–Kier alpha value is -2.17. The molecule has 1 amide bonds. The minimum Gasteiger partial charge on any atom is -0.467 e. The van der Waals surface area contributed by atoms with Crippen LogP contribution in [0.1, 0.15) is 48.1 Å². The Labute approximate surface area is 111 Å². The molecule has 1 atom stereocenters. The Bertz CT molecular complexity index is 582. The Balaban J connectivity index is 1.77. The number of nitrogen functional groups attached to an aromatic ring is 1. The highest BCUT2D eigenvalue weighted by Crippen LogP contribution is 2.37. The van der Waals surface area contributed by atoms with E-state index in [1.54, 1.807) is 12.3 Å². The second-order valence-corrected chi connectivity index (χ2v) is 5.01. The number of hydrogen-bond acceptors (Lipinski definition) is 3. The van der Waals surface area contributed by atoms with Crippen molar-refractivity contribution in [2.45, 2.75) is 31.8 Å². The topological polar surface area (TPSA) is 73.2 Å². The molecule has 5 nitrogen and oxygen atoms in total. The Morgan fingerprint density at radius 2 is 2.37 bits per heavy atom. The number of rotatable bonds is 4. The molecular weight excluding hydrogens is 242 g/mol. The van der Waals surface area contributed by atoms with E-state index in [0.717, 1.165) is 18.6 Å². The van der Waals surface area contributed by atoms with Gasteiger partial charge in [-0.3, -0.25) is 4.79 Å². The number of carbonyl (C=O) groups excluding carboxylic acids is 1. The van der Waals surface area contributed by atoms with E-state index >= 15 is 0 Å². The average molecular weight is 259 g/mol. The van der Waals surface area contributed by atoms with E-state index in [1.165, 1.54) is 0 Å². The summed E-state index contributed by atoms with van der Waals surface area (Å²) in [5.74, 6) is 0.623. The first-order valence-corrected chi connectivity index (χ1v) is 6.47. The summed E-state index contributed by atoms with van der Waals surface area (Å²) in [5, 5.41) is 2.93. The predicted octanol–water partition coefficient (Wildman–Crippen LogP) is 2.49. The molecule has 2 aromatic heterocycles. The van der Waals surface area contributed by atoms with Gasteiger partial charge in [-0.1, -0.05) is 0 Å². The summed E-state index contributed by atoms with van der Waals surface area (Å²) in [7, 11) is 0. The zero-order valence-electron chi connectivity index (χ0n) is 10.8. The number of amides is 1. The molecule has 19 heavy (non-hydrogen) atoms. The zero-order chi connectivity index (χ0) is 13.4. The van der Waals surface area contributed by atoms with Gasteiger partial charge >= 0.3 is 0 Å². The molecular formula is C14H17N3O2. The third-order valence-electron chi connectivity index (χ3n) is 3.36. The van der Waals surface area contributed by atoms with Gasteiger partial charge in [0.15, 0.2) is 0 Å². The lowest BCUT2D eigenvalue weighted by molar-refractivity contribution is 0.0926. The van der Waals surface area contributed by atoms with Gasteiger partial charge < -0.3 is 20.0 Å².